The quantitative estimate of drug-likeness (QED) is 0.209. The summed E-state index contributed by atoms with van der Waals surface area (Å²) in [5.41, 5.74) is 4.13. The van der Waals surface area contributed by atoms with E-state index in [0.29, 0.717) is 71.4 Å². The van der Waals surface area contributed by atoms with Gasteiger partial charge in [0.15, 0.2) is 11.5 Å². The lowest BCUT2D eigenvalue weighted by atomic mass is 9.95. The summed E-state index contributed by atoms with van der Waals surface area (Å²) >= 11 is 0. The molecule has 0 fully saturated rings. The molecule has 0 saturated carbocycles. The molecule has 0 saturated heterocycles. The number of nitrogens with one attached hydrogen (secondary N) is 4. The average molecular weight is 633 g/mol. The zero-order valence-corrected chi connectivity index (χ0v) is 26.9. The molecule has 3 aromatic rings. The number of benzene rings is 2. The third kappa shape index (κ3) is 7.68. The Bertz CT molecular complexity index is 1690. The van der Waals surface area contributed by atoms with E-state index in [-0.39, 0.29) is 29.6 Å². The molecule has 0 heterocycles. The minimum atomic E-state index is -0.417. The van der Waals surface area contributed by atoms with E-state index in [1.54, 1.807) is 44.6 Å². The summed E-state index contributed by atoms with van der Waals surface area (Å²) in [4.78, 5) is 49.8. The van der Waals surface area contributed by atoms with Crippen molar-refractivity contribution >= 4 is 34.8 Å². The van der Waals surface area contributed by atoms with Crippen molar-refractivity contribution in [2.45, 2.75) is 45.6 Å². The molecular formula is C34H40N4O8. The SMILES string of the molecule is COc1ccc(NC(C)=O)cc1NC(=O)CCCNc1ccc2c(cc1=O)[C@H](NC(C)=O)CCc1cc(OC)c(OC)c(OC)c1-2. The zero-order valence-electron chi connectivity index (χ0n) is 26.9. The van der Waals surface area contributed by atoms with Crippen LogP contribution in [0.1, 0.15) is 50.3 Å². The third-order valence-corrected chi connectivity index (χ3v) is 7.61. The van der Waals surface area contributed by atoms with Gasteiger partial charge in [0.1, 0.15) is 5.75 Å². The summed E-state index contributed by atoms with van der Waals surface area (Å²) in [6.07, 6.45) is 1.75. The van der Waals surface area contributed by atoms with Crippen LogP contribution in [0.15, 0.2) is 47.3 Å². The predicted octanol–water partition coefficient (Wildman–Crippen LogP) is 4.66. The van der Waals surface area contributed by atoms with Crippen molar-refractivity contribution in [3.63, 3.8) is 0 Å². The van der Waals surface area contributed by atoms with Gasteiger partial charge in [0, 0.05) is 38.1 Å². The van der Waals surface area contributed by atoms with Gasteiger partial charge in [-0.1, -0.05) is 6.07 Å². The van der Waals surface area contributed by atoms with Gasteiger partial charge in [0.25, 0.3) is 0 Å². The minimum Gasteiger partial charge on any atom is -0.495 e. The molecule has 244 valence electrons. The maximum atomic E-state index is 13.5. The Labute approximate surface area is 267 Å². The number of hydrogen-bond acceptors (Lipinski definition) is 9. The Balaban J connectivity index is 1.57. The fourth-order valence-corrected chi connectivity index (χ4v) is 5.63. The van der Waals surface area contributed by atoms with E-state index in [1.807, 2.05) is 12.1 Å². The molecule has 3 amide bonds. The standard InChI is InChI=1S/C34H40N4O8/c1-19(39)36-22-10-14-29(43-3)27(17-22)38-31(42)8-7-15-35-26-13-11-23-24(18-28(26)41)25(37-20(2)40)12-9-21-16-30(44-4)33(45-5)34(46-6)32(21)23/h10-11,13-14,16-18,25H,7-9,12,15H2,1-6H3,(H,35,41)(H,36,39)(H,37,40)(H,38,42)/t25-/m1/s1. The highest BCUT2D eigenvalue weighted by Crippen LogP contribution is 2.50. The summed E-state index contributed by atoms with van der Waals surface area (Å²) < 4.78 is 22.4. The number of methoxy groups -OCH3 is 4. The van der Waals surface area contributed by atoms with E-state index >= 15 is 0 Å². The molecule has 12 heteroatoms. The molecule has 0 radical (unpaired) electrons. The summed E-state index contributed by atoms with van der Waals surface area (Å²) in [6, 6.07) is 11.5. The first-order valence-electron chi connectivity index (χ1n) is 14.9. The van der Waals surface area contributed by atoms with Gasteiger partial charge in [-0.3, -0.25) is 19.2 Å². The van der Waals surface area contributed by atoms with Crippen molar-refractivity contribution in [1.29, 1.82) is 0 Å². The molecule has 1 atom stereocenters. The largest absolute Gasteiger partial charge is 0.495 e. The molecule has 1 aliphatic rings. The number of amides is 3. The van der Waals surface area contributed by atoms with Crippen LogP contribution in [-0.2, 0) is 20.8 Å². The van der Waals surface area contributed by atoms with Crippen molar-refractivity contribution in [2.24, 2.45) is 0 Å². The molecule has 0 aromatic heterocycles. The molecule has 4 rings (SSSR count). The molecule has 4 N–H and O–H groups in total. The number of carbonyl (C=O) groups is 3. The van der Waals surface area contributed by atoms with E-state index in [2.05, 4.69) is 21.3 Å². The second-order valence-electron chi connectivity index (χ2n) is 10.8. The summed E-state index contributed by atoms with van der Waals surface area (Å²) in [6.45, 7) is 3.20. The molecule has 0 unspecified atom stereocenters. The maximum Gasteiger partial charge on any atom is 0.224 e. The third-order valence-electron chi connectivity index (χ3n) is 7.61. The summed E-state index contributed by atoms with van der Waals surface area (Å²) in [5.74, 6) is 1.19. The fourth-order valence-electron chi connectivity index (χ4n) is 5.63. The summed E-state index contributed by atoms with van der Waals surface area (Å²) in [7, 11) is 6.14. The zero-order chi connectivity index (χ0) is 33.4. The van der Waals surface area contributed by atoms with Gasteiger partial charge in [-0.05, 0) is 72.4 Å². The van der Waals surface area contributed by atoms with Crippen LogP contribution in [0.5, 0.6) is 23.0 Å². The van der Waals surface area contributed by atoms with Crippen molar-refractivity contribution < 1.29 is 33.3 Å². The fraction of sp³-hybridized carbons (Fsp3) is 0.353. The molecule has 46 heavy (non-hydrogen) atoms. The number of anilines is 3. The molecule has 0 bridgehead atoms. The first-order valence-corrected chi connectivity index (χ1v) is 14.9. The molecule has 12 nitrogen and oxygen atoms in total. The van der Waals surface area contributed by atoms with E-state index in [9.17, 15) is 19.2 Å². The molecular weight excluding hydrogens is 592 g/mol. The van der Waals surface area contributed by atoms with Gasteiger partial charge in [-0.15, -0.1) is 0 Å². The number of fused-ring (bicyclic) bond motifs is 3. The molecule has 0 aliphatic heterocycles. The van der Waals surface area contributed by atoms with Crippen LogP contribution in [0, 0.1) is 0 Å². The van der Waals surface area contributed by atoms with Gasteiger partial charge >= 0.3 is 0 Å². The Kier molecular flexibility index (Phi) is 11.1. The van der Waals surface area contributed by atoms with Crippen LogP contribution in [0.25, 0.3) is 11.1 Å². The van der Waals surface area contributed by atoms with Crippen molar-refractivity contribution in [3.8, 4) is 34.1 Å². The van der Waals surface area contributed by atoms with Crippen LogP contribution < -0.4 is 45.6 Å². The Morgan fingerprint density at radius 2 is 1.54 bits per heavy atom. The predicted molar refractivity (Wildman–Crippen MR) is 176 cm³/mol. The topological polar surface area (TPSA) is 153 Å². The lowest BCUT2D eigenvalue weighted by Gasteiger charge is -2.19. The lowest BCUT2D eigenvalue weighted by molar-refractivity contribution is -0.120. The maximum absolute atomic E-state index is 13.5. The van der Waals surface area contributed by atoms with Gasteiger partial charge in [0.05, 0.1) is 45.9 Å². The molecule has 1 aliphatic carbocycles. The Morgan fingerprint density at radius 3 is 2.20 bits per heavy atom. The lowest BCUT2D eigenvalue weighted by Crippen LogP contribution is -2.26. The van der Waals surface area contributed by atoms with Crippen LogP contribution in [0.2, 0.25) is 0 Å². The van der Waals surface area contributed by atoms with Crippen molar-refractivity contribution in [1.82, 2.24) is 5.32 Å². The van der Waals surface area contributed by atoms with Gasteiger partial charge < -0.3 is 40.2 Å². The van der Waals surface area contributed by atoms with E-state index in [0.717, 1.165) is 16.7 Å². The number of ether oxygens (including phenoxy) is 4. The number of aryl methyl sites for hydroxylation is 1. The van der Waals surface area contributed by atoms with Crippen LogP contribution in [0.4, 0.5) is 17.1 Å². The highest BCUT2D eigenvalue weighted by atomic mass is 16.5. The van der Waals surface area contributed by atoms with Gasteiger partial charge in [-0.2, -0.15) is 0 Å². The van der Waals surface area contributed by atoms with Crippen molar-refractivity contribution in [3.05, 3.63) is 63.8 Å². The first kappa shape index (κ1) is 33.6. The van der Waals surface area contributed by atoms with E-state index in [4.69, 9.17) is 18.9 Å². The summed E-state index contributed by atoms with van der Waals surface area (Å²) in [5, 5.41) is 11.7. The van der Waals surface area contributed by atoms with E-state index < -0.39 is 6.04 Å². The molecule has 3 aromatic carbocycles. The van der Waals surface area contributed by atoms with Gasteiger partial charge in [-0.25, -0.2) is 0 Å². The normalized spacial score (nSPS) is 13.2. The van der Waals surface area contributed by atoms with Crippen LogP contribution in [0.3, 0.4) is 0 Å². The highest BCUT2D eigenvalue weighted by Gasteiger charge is 2.29. The Hall–Kier alpha value is -5.26. The first-order chi connectivity index (χ1) is 22.1. The molecule has 0 spiro atoms. The van der Waals surface area contributed by atoms with E-state index in [1.165, 1.54) is 28.1 Å². The van der Waals surface area contributed by atoms with Gasteiger partial charge in [0.2, 0.25) is 28.9 Å². The monoisotopic (exact) mass is 632 g/mol. The van der Waals surface area contributed by atoms with Crippen molar-refractivity contribution in [2.75, 3.05) is 50.9 Å². The Morgan fingerprint density at radius 1 is 0.804 bits per heavy atom. The second kappa shape index (κ2) is 15.2. The van der Waals surface area contributed by atoms with Crippen LogP contribution >= 0.6 is 0 Å². The van der Waals surface area contributed by atoms with Crippen LogP contribution in [-0.4, -0.2) is 52.7 Å². The number of carbonyl (C=O) groups excluding carboxylic acids is 3. The smallest absolute Gasteiger partial charge is 0.224 e. The number of hydrogen-bond donors (Lipinski definition) is 4. The highest BCUT2D eigenvalue weighted by molar-refractivity contribution is 5.95. The average Bonchev–Trinajstić information content (AvgIpc) is 3.26. The minimum absolute atomic E-state index is 0.168. The second-order valence-corrected chi connectivity index (χ2v) is 10.8. The number of rotatable bonds is 12.